The monoisotopic (exact) mass is 428 g/mol. The zero-order valence-corrected chi connectivity index (χ0v) is 18.3. The van der Waals surface area contributed by atoms with Crippen LogP contribution in [-0.4, -0.2) is 21.4 Å². The van der Waals surface area contributed by atoms with E-state index in [-0.39, 0.29) is 16.2 Å². The van der Waals surface area contributed by atoms with Gasteiger partial charge < -0.3 is 5.32 Å². The van der Waals surface area contributed by atoms with Crippen molar-refractivity contribution in [2.45, 2.75) is 30.5 Å². The second-order valence-electron chi connectivity index (χ2n) is 6.74. The molecule has 2 aromatic carbocycles. The zero-order valence-electron chi connectivity index (χ0n) is 16.6. The summed E-state index contributed by atoms with van der Waals surface area (Å²) in [5.74, 6) is -0.201. The van der Waals surface area contributed by atoms with Crippen molar-refractivity contribution in [2.24, 2.45) is 0 Å². The van der Waals surface area contributed by atoms with E-state index in [0.717, 1.165) is 12.0 Å². The Kier molecular flexibility index (Phi) is 6.39. The van der Waals surface area contributed by atoms with E-state index in [1.807, 2.05) is 19.1 Å². The lowest BCUT2D eigenvalue weighted by atomic mass is 10.0. The minimum Gasteiger partial charge on any atom is -0.346 e. The Morgan fingerprint density at radius 3 is 2.28 bits per heavy atom. The van der Waals surface area contributed by atoms with Gasteiger partial charge in [0.25, 0.3) is 15.9 Å². The van der Waals surface area contributed by atoms with Crippen LogP contribution in [0.1, 0.15) is 41.4 Å². The van der Waals surface area contributed by atoms with Crippen molar-refractivity contribution in [3.63, 3.8) is 0 Å². The third-order valence-corrected chi connectivity index (χ3v) is 8.00. The Balaban J connectivity index is 1.69. The normalized spacial score (nSPS) is 12.4. The molecule has 1 atom stereocenters. The fourth-order valence-corrected chi connectivity index (χ4v) is 5.27. The van der Waals surface area contributed by atoms with Gasteiger partial charge in [0.1, 0.15) is 4.21 Å². The molecule has 0 spiro atoms. The fourth-order valence-electron chi connectivity index (χ4n) is 2.91. The van der Waals surface area contributed by atoms with E-state index in [4.69, 9.17) is 0 Å². The number of rotatable bonds is 7. The van der Waals surface area contributed by atoms with Gasteiger partial charge >= 0.3 is 0 Å². The number of carbonyl (C=O) groups excluding carboxylic acids is 1. The van der Waals surface area contributed by atoms with Crippen LogP contribution in [-0.2, 0) is 16.4 Å². The van der Waals surface area contributed by atoms with Gasteiger partial charge in [0.15, 0.2) is 0 Å². The van der Waals surface area contributed by atoms with Crippen LogP contribution < -0.4 is 9.62 Å². The molecule has 0 radical (unpaired) electrons. The highest BCUT2D eigenvalue weighted by molar-refractivity contribution is 7.94. The van der Waals surface area contributed by atoms with Gasteiger partial charge in [-0.3, -0.25) is 9.10 Å². The van der Waals surface area contributed by atoms with Gasteiger partial charge in [-0.2, -0.15) is 0 Å². The lowest BCUT2D eigenvalue weighted by molar-refractivity contribution is 0.0940. The summed E-state index contributed by atoms with van der Waals surface area (Å²) < 4.78 is 26.7. The Bertz CT molecular complexity index is 1060. The Morgan fingerprint density at radius 1 is 1.07 bits per heavy atom. The van der Waals surface area contributed by atoms with E-state index in [9.17, 15) is 13.2 Å². The molecule has 5 nitrogen and oxygen atoms in total. The summed E-state index contributed by atoms with van der Waals surface area (Å²) in [4.78, 5) is 12.6. The van der Waals surface area contributed by atoms with E-state index in [0.29, 0.717) is 11.3 Å². The van der Waals surface area contributed by atoms with E-state index >= 15 is 0 Å². The SMILES string of the molecule is CCc1ccc([C@@H](C)NC(=O)c2ccc(N(C)S(=O)(=O)c3cccs3)cc2)cc1. The molecule has 0 bridgehead atoms. The van der Waals surface area contributed by atoms with Crippen molar-refractivity contribution in [2.75, 3.05) is 11.4 Å². The molecule has 29 heavy (non-hydrogen) atoms. The van der Waals surface area contributed by atoms with Crippen LogP contribution >= 0.6 is 11.3 Å². The molecule has 0 aliphatic heterocycles. The van der Waals surface area contributed by atoms with Crippen molar-refractivity contribution in [3.05, 3.63) is 82.7 Å². The molecular formula is C22H24N2O3S2. The van der Waals surface area contributed by atoms with Crippen molar-refractivity contribution >= 4 is 33.0 Å². The number of anilines is 1. The van der Waals surface area contributed by atoms with E-state index in [1.54, 1.807) is 41.8 Å². The van der Waals surface area contributed by atoms with Gasteiger partial charge in [0, 0.05) is 12.6 Å². The average molecular weight is 429 g/mol. The van der Waals surface area contributed by atoms with Gasteiger partial charge in [-0.15, -0.1) is 11.3 Å². The largest absolute Gasteiger partial charge is 0.346 e. The topological polar surface area (TPSA) is 66.5 Å². The summed E-state index contributed by atoms with van der Waals surface area (Å²) in [7, 11) is -2.09. The van der Waals surface area contributed by atoms with Gasteiger partial charge in [-0.25, -0.2) is 8.42 Å². The van der Waals surface area contributed by atoms with Crippen molar-refractivity contribution in [1.82, 2.24) is 5.32 Å². The van der Waals surface area contributed by atoms with Gasteiger partial charge in [-0.05, 0) is 60.2 Å². The Hall–Kier alpha value is -2.64. The molecule has 7 heteroatoms. The van der Waals surface area contributed by atoms with Crippen LogP contribution in [0, 0.1) is 0 Å². The number of carbonyl (C=O) groups is 1. The second kappa shape index (κ2) is 8.80. The summed E-state index contributed by atoms with van der Waals surface area (Å²) in [6.07, 6.45) is 0.976. The molecule has 1 aromatic heterocycles. The quantitative estimate of drug-likeness (QED) is 0.597. The minimum atomic E-state index is -3.59. The highest BCUT2D eigenvalue weighted by Crippen LogP contribution is 2.25. The van der Waals surface area contributed by atoms with Crippen LogP contribution in [0.3, 0.4) is 0 Å². The number of aryl methyl sites for hydroxylation is 1. The summed E-state index contributed by atoms with van der Waals surface area (Å²) in [6.45, 7) is 4.04. The first-order valence-corrected chi connectivity index (χ1v) is 11.7. The highest BCUT2D eigenvalue weighted by atomic mass is 32.2. The maximum absolute atomic E-state index is 12.6. The maximum atomic E-state index is 12.6. The van der Waals surface area contributed by atoms with E-state index < -0.39 is 10.0 Å². The average Bonchev–Trinajstić information content (AvgIpc) is 3.29. The molecule has 1 heterocycles. The molecule has 3 rings (SSSR count). The number of benzene rings is 2. The number of nitrogens with one attached hydrogen (secondary N) is 1. The first-order chi connectivity index (χ1) is 13.8. The third kappa shape index (κ3) is 4.68. The number of amides is 1. The molecular weight excluding hydrogens is 404 g/mol. The zero-order chi connectivity index (χ0) is 21.0. The predicted molar refractivity (Wildman–Crippen MR) is 118 cm³/mol. The van der Waals surface area contributed by atoms with Crippen molar-refractivity contribution < 1.29 is 13.2 Å². The molecule has 1 N–H and O–H groups in total. The van der Waals surface area contributed by atoms with Crippen molar-refractivity contribution in [3.8, 4) is 0 Å². The maximum Gasteiger partial charge on any atom is 0.273 e. The van der Waals surface area contributed by atoms with Gasteiger partial charge in [-0.1, -0.05) is 37.3 Å². The fraction of sp³-hybridized carbons (Fsp3) is 0.227. The van der Waals surface area contributed by atoms with Crippen molar-refractivity contribution in [1.29, 1.82) is 0 Å². The molecule has 3 aromatic rings. The van der Waals surface area contributed by atoms with Gasteiger partial charge in [0.2, 0.25) is 0 Å². The van der Waals surface area contributed by atoms with Gasteiger partial charge in [0.05, 0.1) is 11.7 Å². The first-order valence-electron chi connectivity index (χ1n) is 9.35. The first kappa shape index (κ1) is 21.1. The summed E-state index contributed by atoms with van der Waals surface area (Å²) >= 11 is 1.17. The summed E-state index contributed by atoms with van der Waals surface area (Å²) in [5.41, 5.74) is 3.27. The number of thiophene rings is 1. The smallest absolute Gasteiger partial charge is 0.273 e. The lowest BCUT2D eigenvalue weighted by Crippen LogP contribution is -2.27. The van der Waals surface area contributed by atoms with Crippen LogP contribution in [0.15, 0.2) is 70.3 Å². The van der Waals surface area contributed by atoms with Crippen LogP contribution in [0.25, 0.3) is 0 Å². The summed E-state index contributed by atoms with van der Waals surface area (Å²) in [6, 6.07) is 17.9. The number of hydrogen-bond donors (Lipinski definition) is 1. The van der Waals surface area contributed by atoms with Crippen LogP contribution in [0.2, 0.25) is 0 Å². The minimum absolute atomic E-state index is 0.130. The Morgan fingerprint density at radius 2 is 1.72 bits per heavy atom. The Labute approximate surface area is 176 Å². The standard InChI is InChI=1S/C22H24N2O3S2/c1-4-17-7-9-18(10-8-17)16(2)23-22(25)19-11-13-20(14-12-19)24(3)29(26,27)21-6-5-15-28-21/h5-16H,4H2,1-3H3,(H,23,25)/t16-/m1/s1. The van der Waals surface area contributed by atoms with E-state index in [1.165, 1.54) is 28.3 Å². The lowest BCUT2D eigenvalue weighted by Gasteiger charge is -2.19. The molecule has 0 aliphatic carbocycles. The highest BCUT2D eigenvalue weighted by Gasteiger charge is 2.22. The molecule has 0 unspecified atom stereocenters. The second-order valence-corrected chi connectivity index (χ2v) is 9.89. The predicted octanol–water partition coefficient (Wildman–Crippen LogP) is 4.63. The number of nitrogens with zero attached hydrogens (tertiary/aromatic N) is 1. The number of hydrogen-bond acceptors (Lipinski definition) is 4. The molecule has 1 amide bonds. The van der Waals surface area contributed by atoms with E-state index in [2.05, 4.69) is 24.4 Å². The third-order valence-electron chi connectivity index (χ3n) is 4.84. The molecule has 0 saturated heterocycles. The summed E-state index contributed by atoms with van der Waals surface area (Å²) in [5, 5.41) is 4.71. The van der Waals surface area contributed by atoms with Crippen LogP contribution in [0.5, 0.6) is 0 Å². The molecule has 0 fully saturated rings. The van der Waals surface area contributed by atoms with Crippen LogP contribution in [0.4, 0.5) is 5.69 Å². The number of sulfonamides is 1. The molecule has 0 saturated carbocycles. The molecule has 152 valence electrons. The molecule has 0 aliphatic rings.